The fourth-order valence-corrected chi connectivity index (χ4v) is 3.06. The van der Waals surface area contributed by atoms with E-state index in [1.54, 1.807) is 12.1 Å². The summed E-state index contributed by atoms with van der Waals surface area (Å²) in [5, 5.41) is 2.88. The van der Waals surface area contributed by atoms with Crippen molar-refractivity contribution < 1.29 is 18.3 Å². The van der Waals surface area contributed by atoms with E-state index < -0.39 is 12.3 Å². The number of ether oxygens (including phenoxy) is 2. The Kier molecular flexibility index (Phi) is 4.53. The predicted octanol–water partition coefficient (Wildman–Crippen LogP) is 3.25. The van der Waals surface area contributed by atoms with Gasteiger partial charge in [0.25, 0.3) is 0 Å². The standard InChI is InChI=1S/C16H15BrF2N4O2/c1-24-13-3-2-8(17)4-10(13)16(21)9-5-11(20)14(25-15(18)19)6-12(9)22-7-23-16/h2-7,15H,20-21H2,1H3,(H,22,23). The molecule has 0 radical (unpaired) electrons. The van der Waals surface area contributed by atoms with Gasteiger partial charge in [-0.25, -0.2) is 4.99 Å². The average molecular weight is 413 g/mol. The van der Waals surface area contributed by atoms with Gasteiger partial charge in [0, 0.05) is 21.7 Å². The number of fused-ring (bicyclic) bond motifs is 1. The maximum atomic E-state index is 12.5. The molecule has 0 saturated heterocycles. The molecule has 1 unspecified atom stereocenters. The molecule has 0 fully saturated rings. The number of nitrogen functional groups attached to an aromatic ring is 1. The molecule has 0 aromatic heterocycles. The number of hydrogen-bond donors (Lipinski definition) is 3. The molecule has 0 amide bonds. The lowest BCUT2D eigenvalue weighted by Crippen LogP contribution is -2.40. The third-order valence-corrected chi connectivity index (χ3v) is 4.33. The number of nitrogens with two attached hydrogens (primary N) is 2. The van der Waals surface area contributed by atoms with Crippen LogP contribution in [0, 0.1) is 0 Å². The molecule has 2 aromatic rings. The molecule has 1 heterocycles. The highest BCUT2D eigenvalue weighted by atomic mass is 79.9. The number of nitrogens with zero attached hydrogens (tertiary/aromatic N) is 1. The average Bonchev–Trinajstić information content (AvgIpc) is 2.56. The van der Waals surface area contributed by atoms with Gasteiger partial charge in [-0.15, -0.1) is 0 Å². The number of alkyl halides is 2. The van der Waals surface area contributed by atoms with Crippen LogP contribution in [-0.4, -0.2) is 20.1 Å². The van der Waals surface area contributed by atoms with Crippen LogP contribution < -0.4 is 26.3 Å². The summed E-state index contributed by atoms with van der Waals surface area (Å²) in [6, 6.07) is 8.18. The van der Waals surface area contributed by atoms with Crippen molar-refractivity contribution in [3.8, 4) is 11.5 Å². The van der Waals surface area contributed by atoms with Crippen molar-refractivity contribution in [3.05, 3.63) is 45.9 Å². The second kappa shape index (κ2) is 6.49. The SMILES string of the molecule is COc1ccc(Br)cc1C1(N)N=CNc2cc(OC(F)F)c(N)cc21. The molecular weight excluding hydrogens is 398 g/mol. The van der Waals surface area contributed by atoms with Crippen molar-refractivity contribution >= 4 is 33.6 Å². The topological polar surface area (TPSA) is 94.9 Å². The summed E-state index contributed by atoms with van der Waals surface area (Å²) in [4.78, 5) is 4.35. The van der Waals surface area contributed by atoms with Crippen molar-refractivity contribution in [3.63, 3.8) is 0 Å². The van der Waals surface area contributed by atoms with E-state index in [0.717, 1.165) is 4.47 Å². The Hall–Kier alpha value is -2.39. The van der Waals surface area contributed by atoms with Crippen LogP contribution in [0.1, 0.15) is 11.1 Å². The zero-order chi connectivity index (χ0) is 18.2. The van der Waals surface area contributed by atoms with Crippen LogP contribution >= 0.6 is 15.9 Å². The lowest BCUT2D eigenvalue weighted by molar-refractivity contribution is -0.0493. The number of benzene rings is 2. The second-order valence-corrected chi connectivity index (χ2v) is 6.24. The highest BCUT2D eigenvalue weighted by Crippen LogP contribution is 2.43. The fraction of sp³-hybridized carbons (Fsp3) is 0.188. The van der Waals surface area contributed by atoms with Gasteiger partial charge in [0.1, 0.15) is 5.75 Å². The van der Waals surface area contributed by atoms with Crippen molar-refractivity contribution in [2.24, 2.45) is 10.7 Å². The Labute approximate surface area is 150 Å². The first kappa shape index (κ1) is 17.4. The molecule has 3 rings (SSSR count). The van der Waals surface area contributed by atoms with Gasteiger partial charge in [-0.05, 0) is 24.3 Å². The maximum absolute atomic E-state index is 12.5. The van der Waals surface area contributed by atoms with Gasteiger partial charge in [-0.2, -0.15) is 8.78 Å². The smallest absolute Gasteiger partial charge is 0.387 e. The van der Waals surface area contributed by atoms with E-state index in [0.29, 0.717) is 22.6 Å². The maximum Gasteiger partial charge on any atom is 0.387 e. The Bertz CT molecular complexity index is 847. The van der Waals surface area contributed by atoms with E-state index in [-0.39, 0.29) is 11.4 Å². The molecule has 1 atom stereocenters. The first-order valence-electron chi connectivity index (χ1n) is 7.17. The summed E-state index contributed by atoms with van der Waals surface area (Å²) < 4.78 is 35.7. The summed E-state index contributed by atoms with van der Waals surface area (Å²) >= 11 is 3.40. The summed E-state index contributed by atoms with van der Waals surface area (Å²) in [5.74, 6) is 0.391. The molecule has 1 aliphatic rings. The largest absolute Gasteiger partial charge is 0.496 e. The number of anilines is 2. The van der Waals surface area contributed by atoms with Crippen LogP contribution in [0.4, 0.5) is 20.2 Å². The predicted molar refractivity (Wildman–Crippen MR) is 95.3 cm³/mol. The molecule has 132 valence electrons. The normalized spacial score (nSPS) is 18.6. The molecule has 6 nitrogen and oxygen atoms in total. The highest BCUT2D eigenvalue weighted by molar-refractivity contribution is 9.10. The minimum absolute atomic E-state index is 0.0294. The number of hydrogen-bond acceptors (Lipinski definition) is 6. The Morgan fingerprint density at radius 3 is 2.64 bits per heavy atom. The quantitative estimate of drug-likeness (QED) is 0.669. The van der Waals surface area contributed by atoms with Crippen molar-refractivity contribution in [2.75, 3.05) is 18.2 Å². The van der Waals surface area contributed by atoms with E-state index in [4.69, 9.17) is 16.2 Å². The van der Waals surface area contributed by atoms with Crippen LogP contribution in [0.5, 0.6) is 11.5 Å². The molecule has 0 aliphatic carbocycles. The number of halogens is 3. The third-order valence-electron chi connectivity index (χ3n) is 3.84. The zero-order valence-corrected chi connectivity index (χ0v) is 14.7. The zero-order valence-electron chi connectivity index (χ0n) is 13.1. The molecule has 5 N–H and O–H groups in total. The summed E-state index contributed by atoms with van der Waals surface area (Å²) in [7, 11) is 1.52. The Morgan fingerprint density at radius 1 is 1.20 bits per heavy atom. The number of aliphatic imine (C=N–C) groups is 1. The molecule has 0 spiro atoms. The minimum atomic E-state index is -2.98. The third kappa shape index (κ3) is 3.12. The highest BCUT2D eigenvalue weighted by Gasteiger charge is 2.37. The first-order chi connectivity index (χ1) is 11.8. The van der Waals surface area contributed by atoms with Crippen LogP contribution in [-0.2, 0) is 5.66 Å². The molecular formula is C16H15BrF2N4O2. The number of methoxy groups -OCH3 is 1. The number of nitrogens with one attached hydrogen (secondary N) is 1. The van der Waals surface area contributed by atoms with Crippen LogP contribution in [0.3, 0.4) is 0 Å². The van der Waals surface area contributed by atoms with Gasteiger partial charge in [-0.3, -0.25) is 5.73 Å². The molecule has 25 heavy (non-hydrogen) atoms. The Balaban J connectivity index is 2.18. The van der Waals surface area contributed by atoms with Gasteiger partial charge < -0.3 is 20.5 Å². The molecule has 1 aliphatic heterocycles. The minimum Gasteiger partial charge on any atom is -0.496 e. The summed E-state index contributed by atoms with van der Waals surface area (Å²) in [6.07, 6.45) is 1.39. The molecule has 2 aromatic carbocycles. The lowest BCUT2D eigenvalue weighted by Gasteiger charge is -2.33. The van der Waals surface area contributed by atoms with Crippen molar-refractivity contribution in [1.29, 1.82) is 0 Å². The van der Waals surface area contributed by atoms with Gasteiger partial charge >= 0.3 is 6.61 Å². The Morgan fingerprint density at radius 2 is 1.96 bits per heavy atom. The van der Waals surface area contributed by atoms with Crippen LogP contribution in [0.15, 0.2) is 39.8 Å². The fourth-order valence-electron chi connectivity index (χ4n) is 2.70. The second-order valence-electron chi connectivity index (χ2n) is 5.33. The number of rotatable bonds is 4. The van der Waals surface area contributed by atoms with E-state index in [1.807, 2.05) is 6.07 Å². The first-order valence-corrected chi connectivity index (χ1v) is 7.96. The van der Waals surface area contributed by atoms with E-state index in [2.05, 4.69) is 31.0 Å². The van der Waals surface area contributed by atoms with Crippen molar-refractivity contribution in [1.82, 2.24) is 0 Å². The van der Waals surface area contributed by atoms with E-state index in [1.165, 1.54) is 25.6 Å². The van der Waals surface area contributed by atoms with E-state index >= 15 is 0 Å². The van der Waals surface area contributed by atoms with Gasteiger partial charge in [0.2, 0.25) is 0 Å². The van der Waals surface area contributed by atoms with Crippen LogP contribution in [0.25, 0.3) is 0 Å². The molecule has 0 saturated carbocycles. The van der Waals surface area contributed by atoms with Gasteiger partial charge in [-0.1, -0.05) is 15.9 Å². The molecule has 9 heteroatoms. The molecule has 0 bridgehead atoms. The van der Waals surface area contributed by atoms with Gasteiger partial charge in [0.15, 0.2) is 11.4 Å². The van der Waals surface area contributed by atoms with E-state index in [9.17, 15) is 8.78 Å². The van der Waals surface area contributed by atoms with Crippen LogP contribution in [0.2, 0.25) is 0 Å². The monoisotopic (exact) mass is 412 g/mol. The lowest BCUT2D eigenvalue weighted by atomic mass is 9.89. The van der Waals surface area contributed by atoms with Gasteiger partial charge in [0.05, 0.1) is 24.8 Å². The summed E-state index contributed by atoms with van der Waals surface area (Å²) in [5.41, 5.74) is 12.7. The summed E-state index contributed by atoms with van der Waals surface area (Å²) in [6.45, 7) is -2.98. The van der Waals surface area contributed by atoms with Crippen molar-refractivity contribution in [2.45, 2.75) is 12.3 Å².